The Hall–Kier alpha value is -2.09. The summed E-state index contributed by atoms with van der Waals surface area (Å²) in [6.45, 7) is 3.16. The van der Waals surface area contributed by atoms with E-state index in [0.717, 1.165) is 0 Å². The molecule has 0 spiro atoms. The van der Waals surface area contributed by atoms with E-state index in [1.54, 1.807) is 19.1 Å². The number of amides is 1. The molecule has 1 aromatic rings. The first-order valence-corrected chi connectivity index (χ1v) is 7.22. The Kier molecular flexibility index (Phi) is 7.38. The number of rotatable bonds is 7. The van der Waals surface area contributed by atoms with E-state index in [1.807, 2.05) is 0 Å². The van der Waals surface area contributed by atoms with Crippen LogP contribution in [0.1, 0.15) is 19.4 Å². The molecule has 0 heterocycles. The monoisotopic (exact) mass is 372 g/mol. The summed E-state index contributed by atoms with van der Waals surface area (Å²) in [5.74, 6) is 0.0848. The van der Waals surface area contributed by atoms with Crippen molar-refractivity contribution in [1.82, 2.24) is 5.43 Å². The number of carbonyl (C=O) groups excluding carboxylic acids is 2. The third kappa shape index (κ3) is 5.72. The number of methoxy groups -OCH3 is 1. The van der Waals surface area contributed by atoms with Crippen LogP contribution in [0, 0.1) is 0 Å². The van der Waals surface area contributed by atoms with Gasteiger partial charge in [0.15, 0.2) is 18.1 Å². The highest BCUT2D eigenvalue weighted by molar-refractivity contribution is 9.10. The fraction of sp³-hybridized carbons (Fsp3) is 0.357. The lowest BCUT2D eigenvalue weighted by Gasteiger charge is -2.12. The van der Waals surface area contributed by atoms with Gasteiger partial charge < -0.3 is 14.2 Å². The predicted molar refractivity (Wildman–Crippen MR) is 84.2 cm³/mol. The molecular formula is C14H17BrN2O5. The van der Waals surface area contributed by atoms with E-state index in [9.17, 15) is 9.59 Å². The van der Waals surface area contributed by atoms with Crippen LogP contribution in [-0.4, -0.2) is 38.4 Å². The Morgan fingerprint density at radius 3 is 2.68 bits per heavy atom. The van der Waals surface area contributed by atoms with Crippen LogP contribution in [0.3, 0.4) is 0 Å². The highest BCUT2D eigenvalue weighted by Gasteiger charge is 2.11. The number of hydrogen-bond acceptors (Lipinski definition) is 6. The Labute approximate surface area is 136 Å². The third-order valence-corrected chi connectivity index (χ3v) is 3.05. The number of halogens is 1. The lowest BCUT2D eigenvalue weighted by atomic mass is 10.2. The first kappa shape index (κ1) is 18.0. The maximum absolute atomic E-state index is 11.3. The average Bonchev–Trinajstić information content (AvgIpc) is 2.46. The molecule has 1 amide bonds. The second-order valence-corrected chi connectivity index (χ2v) is 4.90. The number of carbonyl (C=O) groups is 2. The molecule has 7 nitrogen and oxygen atoms in total. The van der Waals surface area contributed by atoms with E-state index in [0.29, 0.717) is 28.1 Å². The minimum Gasteiger partial charge on any atom is -0.493 e. The summed E-state index contributed by atoms with van der Waals surface area (Å²) >= 11 is 3.36. The maximum atomic E-state index is 11.3. The van der Waals surface area contributed by atoms with Crippen LogP contribution < -0.4 is 14.9 Å². The predicted octanol–water partition coefficient (Wildman–Crippen LogP) is 1.87. The smallest absolute Gasteiger partial charge is 0.344 e. The van der Waals surface area contributed by atoms with Gasteiger partial charge in [-0.25, -0.2) is 10.2 Å². The molecule has 0 saturated heterocycles. The summed E-state index contributed by atoms with van der Waals surface area (Å²) in [5, 5.41) is 3.78. The van der Waals surface area contributed by atoms with Crippen LogP contribution >= 0.6 is 15.9 Å². The molecule has 0 saturated carbocycles. The minimum atomic E-state index is -0.461. The van der Waals surface area contributed by atoms with Crippen molar-refractivity contribution in [2.24, 2.45) is 5.10 Å². The fourth-order valence-electron chi connectivity index (χ4n) is 1.45. The maximum Gasteiger partial charge on any atom is 0.344 e. The summed E-state index contributed by atoms with van der Waals surface area (Å²) in [5.41, 5.74) is 2.98. The zero-order chi connectivity index (χ0) is 16.5. The number of esters is 1. The van der Waals surface area contributed by atoms with Crippen molar-refractivity contribution in [3.05, 3.63) is 22.2 Å². The number of hydrogen-bond donors (Lipinski definition) is 1. The fourth-order valence-corrected chi connectivity index (χ4v) is 1.88. The first-order chi connectivity index (χ1) is 10.5. The van der Waals surface area contributed by atoms with Crippen LogP contribution in [-0.2, 0) is 14.3 Å². The second kappa shape index (κ2) is 9.04. The number of benzene rings is 1. The molecular weight excluding hydrogens is 356 g/mol. The number of nitrogens with one attached hydrogen (secondary N) is 1. The van der Waals surface area contributed by atoms with Crippen molar-refractivity contribution in [2.45, 2.75) is 13.8 Å². The van der Waals surface area contributed by atoms with Gasteiger partial charge in [0, 0.05) is 17.0 Å². The van der Waals surface area contributed by atoms with Crippen molar-refractivity contribution in [3.8, 4) is 11.5 Å². The van der Waals surface area contributed by atoms with Crippen molar-refractivity contribution in [3.63, 3.8) is 0 Å². The molecule has 22 heavy (non-hydrogen) atoms. The van der Waals surface area contributed by atoms with Gasteiger partial charge in [-0.3, -0.25) is 4.79 Å². The molecule has 0 fully saturated rings. The van der Waals surface area contributed by atoms with Gasteiger partial charge in [-0.15, -0.1) is 0 Å². The van der Waals surface area contributed by atoms with E-state index in [1.165, 1.54) is 20.2 Å². The van der Waals surface area contributed by atoms with Gasteiger partial charge in [0.2, 0.25) is 5.91 Å². The quantitative estimate of drug-likeness (QED) is 0.448. The highest BCUT2D eigenvalue weighted by atomic mass is 79.9. The summed E-state index contributed by atoms with van der Waals surface area (Å²) in [4.78, 5) is 22.1. The molecule has 0 aliphatic heterocycles. The van der Waals surface area contributed by atoms with Gasteiger partial charge in [0.25, 0.3) is 0 Å². The van der Waals surface area contributed by atoms with Crippen LogP contribution in [0.4, 0.5) is 0 Å². The summed E-state index contributed by atoms with van der Waals surface area (Å²) in [6.07, 6.45) is 1.46. The van der Waals surface area contributed by atoms with E-state index < -0.39 is 5.97 Å². The Morgan fingerprint density at radius 2 is 2.09 bits per heavy atom. The van der Waals surface area contributed by atoms with E-state index in [4.69, 9.17) is 14.2 Å². The molecule has 0 aliphatic rings. The minimum absolute atomic E-state index is 0.212. The van der Waals surface area contributed by atoms with Crippen LogP contribution in [0.25, 0.3) is 0 Å². The first-order valence-electron chi connectivity index (χ1n) is 6.43. The van der Waals surface area contributed by atoms with Gasteiger partial charge in [-0.2, -0.15) is 5.10 Å². The Bertz CT molecular complexity index is 575. The number of nitrogens with zero attached hydrogens (tertiary/aromatic N) is 1. The van der Waals surface area contributed by atoms with Gasteiger partial charge >= 0.3 is 5.97 Å². The highest BCUT2D eigenvalue weighted by Crippen LogP contribution is 2.32. The zero-order valence-corrected chi connectivity index (χ0v) is 14.1. The molecule has 0 unspecified atom stereocenters. The van der Waals surface area contributed by atoms with Crippen molar-refractivity contribution in [2.75, 3.05) is 20.3 Å². The molecule has 0 aliphatic carbocycles. The standard InChI is InChI=1S/C14H17BrN2O5/c1-4-21-14(19)8-22-13-6-11(15)10(5-12(13)20-3)7-16-17-9(2)18/h5-7H,4,8H2,1-3H3,(H,17,18)/b16-7-. The molecule has 120 valence electrons. The van der Waals surface area contributed by atoms with Crippen molar-refractivity contribution < 1.29 is 23.8 Å². The molecule has 8 heteroatoms. The van der Waals surface area contributed by atoms with Crippen LogP contribution in [0.15, 0.2) is 21.7 Å². The second-order valence-electron chi connectivity index (χ2n) is 4.04. The van der Waals surface area contributed by atoms with E-state index in [2.05, 4.69) is 26.5 Å². The van der Waals surface area contributed by atoms with Gasteiger partial charge in [0.05, 0.1) is 19.9 Å². The molecule has 1 N–H and O–H groups in total. The van der Waals surface area contributed by atoms with Crippen LogP contribution in [0.2, 0.25) is 0 Å². The largest absolute Gasteiger partial charge is 0.493 e. The third-order valence-electron chi connectivity index (χ3n) is 2.36. The molecule has 0 bridgehead atoms. The van der Waals surface area contributed by atoms with Crippen LogP contribution in [0.5, 0.6) is 11.5 Å². The lowest BCUT2D eigenvalue weighted by molar-refractivity contribution is -0.145. The van der Waals surface area contributed by atoms with Gasteiger partial charge in [-0.05, 0) is 35.0 Å². The van der Waals surface area contributed by atoms with E-state index >= 15 is 0 Å². The molecule has 0 aromatic heterocycles. The summed E-state index contributed by atoms with van der Waals surface area (Å²) in [7, 11) is 1.48. The SMILES string of the molecule is CCOC(=O)COc1cc(Br)c(/C=N\NC(C)=O)cc1OC. The van der Waals surface area contributed by atoms with Crippen molar-refractivity contribution in [1.29, 1.82) is 0 Å². The molecule has 1 aromatic carbocycles. The van der Waals surface area contributed by atoms with Gasteiger partial charge in [0.1, 0.15) is 0 Å². The topological polar surface area (TPSA) is 86.2 Å². The summed E-state index contributed by atoms with van der Waals surface area (Å²) in [6, 6.07) is 3.31. The Balaban J connectivity index is 2.87. The number of hydrazone groups is 1. The molecule has 0 radical (unpaired) electrons. The normalized spacial score (nSPS) is 10.4. The van der Waals surface area contributed by atoms with E-state index in [-0.39, 0.29) is 12.5 Å². The van der Waals surface area contributed by atoms with Gasteiger partial charge in [-0.1, -0.05) is 0 Å². The zero-order valence-electron chi connectivity index (χ0n) is 12.5. The molecule has 1 rings (SSSR count). The van der Waals surface area contributed by atoms with Crippen molar-refractivity contribution >= 4 is 34.0 Å². The summed E-state index contributed by atoms with van der Waals surface area (Å²) < 4.78 is 16.0. The average molecular weight is 373 g/mol. The lowest BCUT2D eigenvalue weighted by Crippen LogP contribution is -2.15. The number of ether oxygens (including phenoxy) is 3. The molecule has 0 atom stereocenters. The Morgan fingerprint density at radius 1 is 1.36 bits per heavy atom.